The SMILES string of the molecule is CCc1nc2nc(C)cc(-c3ccccc3)c2[nH]1. The van der Waals surface area contributed by atoms with Crippen molar-refractivity contribution in [1.82, 2.24) is 15.0 Å². The number of aromatic amines is 1. The van der Waals surface area contributed by atoms with Crippen LogP contribution in [0.4, 0.5) is 0 Å². The van der Waals surface area contributed by atoms with E-state index in [0.29, 0.717) is 0 Å². The Morgan fingerprint density at radius 3 is 2.61 bits per heavy atom. The van der Waals surface area contributed by atoms with Crippen molar-refractivity contribution in [3.63, 3.8) is 0 Å². The van der Waals surface area contributed by atoms with E-state index in [1.54, 1.807) is 0 Å². The molecule has 1 aromatic carbocycles. The molecule has 0 aliphatic heterocycles. The third-order valence-corrected chi connectivity index (χ3v) is 3.06. The zero-order valence-corrected chi connectivity index (χ0v) is 10.6. The standard InChI is InChI=1S/C15H15N3/c1-3-13-17-14-12(11-7-5-4-6-8-11)9-10(2)16-15(14)18-13/h4-9H,3H2,1-2H3,(H,16,17,18). The number of aromatic nitrogens is 3. The van der Waals surface area contributed by atoms with Gasteiger partial charge in [0.15, 0.2) is 5.65 Å². The predicted molar refractivity (Wildman–Crippen MR) is 73.4 cm³/mol. The molecule has 90 valence electrons. The van der Waals surface area contributed by atoms with Crippen LogP contribution in [0.5, 0.6) is 0 Å². The molecule has 3 heteroatoms. The van der Waals surface area contributed by atoms with E-state index in [1.807, 2.05) is 25.1 Å². The second-order valence-electron chi connectivity index (χ2n) is 4.41. The summed E-state index contributed by atoms with van der Waals surface area (Å²) in [4.78, 5) is 12.4. The number of hydrogen-bond donors (Lipinski definition) is 1. The van der Waals surface area contributed by atoms with Crippen LogP contribution in [0.25, 0.3) is 22.3 Å². The molecule has 3 rings (SSSR count). The summed E-state index contributed by atoms with van der Waals surface area (Å²) in [5.74, 6) is 0.986. The first-order valence-corrected chi connectivity index (χ1v) is 6.19. The van der Waals surface area contributed by atoms with Crippen LogP contribution in [0.1, 0.15) is 18.4 Å². The summed E-state index contributed by atoms with van der Waals surface area (Å²) in [5, 5.41) is 0. The quantitative estimate of drug-likeness (QED) is 0.741. The number of nitrogens with one attached hydrogen (secondary N) is 1. The Bertz CT molecular complexity index is 684. The number of nitrogens with zero attached hydrogens (tertiary/aromatic N) is 2. The molecule has 18 heavy (non-hydrogen) atoms. The van der Waals surface area contributed by atoms with Crippen LogP contribution in [0.3, 0.4) is 0 Å². The topological polar surface area (TPSA) is 41.6 Å². The molecule has 3 aromatic rings. The van der Waals surface area contributed by atoms with Gasteiger partial charge in [0.05, 0.1) is 5.52 Å². The van der Waals surface area contributed by atoms with E-state index in [1.165, 1.54) is 11.1 Å². The fourth-order valence-electron chi connectivity index (χ4n) is 2.17. The van der Waals surface area contributed by atoms with E-state index in [0.717, 1.165) is 29.1 Å². The van der Waals surface area contributed by atoms with Gasteiger partial charge in [-0.25, -0.2) is 9.97 Å². The number of aryl methyl sites for hydroxylation is 2. The first-order valence-electron chi connectivity index (χ1n) is 6.19. The molecule has 0 aliphatic rings. The molecule has 0 radical (unpaired) electrons. The van der Waals surface area contributed by atoms with Gasteiger partial charge >= 0.3 is 0 Å². The summed E-state index contributed by atoms with van der Waals surface area (Å²) >= 11 is 0. The summed E-state index contributed by atoms with van der Waals surface area (Å²) in [5.41, 5.74) is 5.20. The Kier molecular flexibility index (Phi) is 2.59. The van der Waals surface area contributed by atoms with E-state index >= 15 is 0 Å². The van der Waals surface area contributed by atoms with Crippen LogP contribution in [0.15, 0.2) is 36.4 Å². The van der Waals surface area contributed by atoms with Crippen molar-refractivity contribution in [3.05, 3.63) is 47.9 Å². The first-order chi connectivity index (χ1) is 8.78. The van der Waals surface area contributed by atoms with Crippen LogP contribution in [0.2, 0.25) is 0 Å². The van der Waals surface area contributed by atoms with Gasteiger partial charge in [-0.2, -0.15) is 0 Å². The van der Waals surface area contributed by atoms with Crippen molar-refractivity contribution >= 4 is 11.2 Å². The Labute approximate surface area is 106 Å². The monoisotopic (exact) mass is 237 g/mol. The van der Waals surface area contributed by atoms with Crippen molar-refractivity contribution in [3.8, 4) is 11.1 Å². The molecule has 2 heterocycles. The van der Waals surface area contributed by atoms with Crippen LogP contribution in [-0.2, 0) is 6.42 Å². The van der Waals surface area contributed by atoms with Crippen molar-refractivity contribution in [2.75, 3.05) is 0 Å². The molecule has 1 N–H and O–H groups in total. The van der Waals surface area contributed by atoms with Gasteiger partial charge in [-0.1, -0.05) is 37.3 Å². The molecular formula is C15H15N3. The summed E-state index contributed by atoms with van der Waals surface area (Å²) in [6, 6.07) is 12.5. The van der Waals surface area contributed by atoms with Crippen LogP contribution < -0.4 is 0 Å². The minimum Gasteiger partial charge on any atom is -0.340 e. The number of benzene rings is 1. The van der Waals surface area contributed by atoms with Crippen molar-refractivity contribution in [2.45, 2.75) is 20.3 Å². The molecule has 0 unspecified atom stereocenters. The zero-order chi connectivity index (χ0) is 12.5. The highest BCUT2D eigenvalue weighted by Gasteiger charge is 2.10. The zero-order valence-electron chi connectivity index (χ0n) is 10.6. The number of fused-ring (bicyclic) bond motifs is 1. The van der Waals surface area contributed by atoms with Crippen molar-refractivity contribution in [1.29, 1.82) is 0 Å². The summed E-state index contributed by atoms with van der Waals surface area (Å²) < 4.78 is 0. The van der Waals surface area contributed by atoms with Gasteiger partial charge in [0.1, 0.15) is 5.82 Å². The Morgan fingerprint density at radius 2 is 1.89 bits per heavy atom. The third kappa shape index (κ3) is 1.78. The smallest absolute Gasteiger partial charge is 0.178 e. The van der Waals surface area contributed by atoms with Gasteiger partial charge < -0.3 is 4.98 Å². The molecule has 0 saturated carbocycles. The maximum Gasteiger partial charge on any atom is 0.178 e. The average Bonchev–Trinajstić information content (AvgIpc) is 2.81. The minimum absolute atomic E-state index is 0.811. The average molecular weight is 237 g/mol. The molecule has 0 amide bonds. The molecule has 0 bridgehead atoms. The van der Waals surface area contributed by atoms with Gasteiger partial charge in [0.2, 0.25) is 0 Å². The second-order valence-corrected chi connectivity index (χ2v) is 4.41. The molecule has 2 aromatic heterocycles. The summed E-state index contributed by atoms with van der Waals surface area (Å²) in [6.45, 7) is 4.10. The lowest BCUT2D eigenvalue weighted by Gasteiger charge is -2.03. The predicted octanol–water partition coefficient (Wildman–Crippen LogP) is 3.50. The van der Waals surface area contributed by atoms with Crippen molar-refractivity contribution < 1.29 is 0 Å². The van der Waals surface area contributed by atoms with Crippen LogP contribution in [-0.4, -0.2) is 15.0 Å². The fourth-order valence-corrected chi connectivity index (χ4v) is 2.17. The molecular weight excluding hydrogens is 222 g/mol. The number of rotatable bonds is 2. The van der Waals surface area contributed by atoms with E-state index in [-0.39, 0.29) is 0 Å². The number of H-pyrrole nitrogens is 1. The van der Waals surface area contributed by atoms with Gasteiger partial charge in [0, 0.05) is 17.7 Å². The lowest BCUT2D eigenvalue weighted by Crippen LogP contribution is -1.87. The van der Waals surface area contributed by atoms with Crippen LogP contribution >= 0.6 is 0 Å². The second kappa shape index (κ2) is 4.26. The third-order valence-electron chi connectivity index (χ3n) is 3.06. The Balaban J connectivity index is 2.30. The fraction of sp³-hybridized carbons (Fsp3) is 0.200. The number of hydrogen-bond acceptors (Lipinski definition) is 2. The van der Waals surface area contributed by atoms with Gasteiger partial charge in [0.25, 0.3) is 0 Å². The maximum atomic E-state index is 4.51. The molecule has 0 aliphatic carbocycles. The van der Waals surface area contributed by atoms with E-state index in [4.69, 9.17) is 0 Å². The largest absolute Gasteiger partial charge is 0.340 e. The summed E-state index contributed by atoms with van der Waals surface area (Å²) in [7, 11) is 0. The minimum atomic E-state index is 0.811. The Hall–Kier alpha value is -2.16. The lowest BCUT2D eigenvalue weighted by atomic mass is 10.1. The highest BCUT2D eigenvalue weighted by Crippen LogP contribution is 2.27. The molecule has 3 nitrogen and oxygen atoms in total. The van der Waals surface area contributed by atoms with Crippen molar-refractivity contribution in [2.24, 2.45) is 0 Å². The molecule has 0 atom stereocenters. The van der Waals surface area contributed by atoms with Gasteiger partial charge in [-0.15, -0.1) is 0 Å². The molecule has 0 spiro atoms. The Morgan fingerprint density at radius 1 is 1.11 bits per heavy atom. The number of pyridine rings is 1. The normalized spacial score (nSPS) is 11.0. The van der Waals surface area contributed by atoms with E-state index < -0.39 is 0 Å². The molecule has 0 saturated heterocycles. The van der Waals surface area contributed by atoms with E-state index in [2.05, 4.69) is 40.1 Å². The first kappa shape index (κ1) is 11.0. The van der Waals surface area contributed by atoms with Crippen LogP contribution in [0, 0.1) is 6.92 Å². The van der Waals surface area contributed by atoms with Gasteiger partial charge in [-0.3, -0.25) is 0 Å². The highest BCUT2D eigenvalue weighted by atomic mass is 15.0. The molecule has 0 fully saturated rings. The number of imidazole rings is 1. The highest BCUT2D eigenvalue weighted by molar-refractivity contribution is 5.90. The van der Waals surface area contributed by atoms with Gasteiger partial charge in [-0.05, 0) is 18.6 Å². The maximum absolute atomic E-state index is 4.51. The summed E-state index contributed by atoms with van der Waals surface area (Å²) in [6.07, 6.45) is 0.892. The lowest BCUT2D eigenvalue weighted by molar-refractivity contribution is 0.997. The van der Waals surface area contributed by atoms with E-state index in [9.17, 15) is 0 Å².